The molecular weight excluding hydrogens is 716 g/mol. The Morgan fingerprint density at radius 2 is 1.89 bits per heavy atom. The number of carbonyl (C=O) groups excluding carboxylic acids is 2. The average molecular weight is 741 g/mol. The molecular formula is C28H25I2NO7. The maximum Gasteiger partial charge on any atom is 0.329 e. The highest BCUT2D eigenvalue weighted by molar-refractivity contribution is 14.1. The molecule has 3 aromatic rings. The lowest BCUT2D eigenvalue weighted by molar-refractivity contribution is -0.143. The number of rotatable bonds is 10. The number of aromatic hydroxyl groups is 1. The molecule has 2 unspecified atom stereocenters. The van der Waals surface area contributed by atoms with E-state index in [9.17, 15) is 19.5 Å². The maximum absolute atomic E-state index is 13.8. The number of unbranched alkanes of at least 4 members (excludes halogenated alkanes) is 1. The molecule has 10 heteroatoms. The van der Waals surface area contributed by atoms with E-state index in [0.717, 1.165) is 12.8 Å². The van der Waals surface area contributed by atoms with Gasteiger partial charge in [0.05, 0.1) is 9.49 Å². The third-order valence-corrected chi connectivity index (χ3v) is 9.82. The fourth-order valence-electron chi connectivity index (χ4n) is 4.02. The van der Waals surface area contributed by atoms with Crippen LogP contribution in [0.3, 0.4) is 0 Å². The van der Waals surface area contributed by atoms with Gasteiger partial charge in [-0.2, -0.15) is 0 Å². The Kier molecular flexibility index (Phi) is 8.93. The van der Waals surface area contributed by atoms with Crippen LogP contribution in [0.2, 0.25) is 0 Å². The van der Waals surface area contributed by atoms with Gasteiger partial charge in [-0.1, -0.05) is 48.1 Å². The van der Waals surface area contributed by atoms with Gasteiger partial charge in [0.1, 0.15) is 23.7 Å². The Hall–Kier alpha value is -2.71. The minimum atomic E-state index is -1.07. The molecule has 1 amide bonds. The van der Waals surface area contributed by atoms with Crippen molar-refractivity contribution in [1.29, 1.82) is 0 Å². The first kappa shape index (κ1) is 28.3. The zero-order chi connectivity index (χ0) is 27.4. The van der Waals surface area contributed by atoms with Crippen LogP contribution in [0.4, 0.5) is 5.69 Å². The molecule has 1 heterocycles. The number of carboxylic acid groups (broad SMARTS) is 1. The second kappa shape index (κ2) is 12.0. The molecule has 0 bridgehead atoms. The van der Waals surface area contributed by atoms with Gasteiger partial charge >= 0.3 is 5.97 Å². The number of hydrogen-bond acceptors (Lipinski definition) is 6. The van der Waals surface area contributed by atoms with E-state index >= 15 is 0 Å². The molecule has 4 rings (SSSR count). The average Bonchev–Trinajstić information content (AvgIpc) is 3.25. The van der Waals surface area contributed by atoms with Crippen LogP contribution in [0.5, 0.6) is 5.75 Å². The molecule has 0 fully saturated rings. The number of benzene rings is 2. The minimum absolute atomic E-state index is 0.0668. The Morgan fingerprint density at radius 1 is 1.16 bits per heavy atom. The topological polar surface area (TPSA) is 126 Å². The van der Waals surface area contributed by atoms with E-state index < -0.39 is 16.2 Å². The van der Waals surface area contributed by atoms with Crippen molar-refractivity contribution in [3.63, 3.8) is 0 Å². The molecule has 0 aliphatic heterocycles. The number of phenols is 1. The Balaban J connectivity index is 1.67. The van der Waals surface area contributed by atoms with Crippen molar-refractivity contribution in [2.45, 2.75) is 33.7 Å². The van der Waals surface area contributed by atoms with E-state index in [1.54, 1.807) is 36.4 Å². The predicted octanol–water partition coefficient (Wildman–Crippen LogP) is 6.45. The molecule has 0 spiro atoms. The summed E-state index contributed by atoms with van der Waals surface area (Å²) in [6.07, 6.45) is 7.49. The van der Waals surface area contributed by atoms with Crippen LogP contribution >= 0.6 is 45.2 Å². The minimum Gasteiger partial charge on any atom is -0.508 e. The normalized spacial score (nSPS) is 18.8. The van der Waals surface area contributed by atoms with Crippen LogP contribution in [-0.2, 0) is 16.0 Å². The zero-order valence-corrected chi connectivity index (χ0v) is 24.7. The Morgan fingerprint density at radius 3 is 2.55 bits per heavy atom. The van der Waals surface area contributed by atoms with Gasteiger partial charge < -0.3 is 24.7 Å². The number of halogens is 2. The number of aryl methyl sites for hydroxylation is 1. The van der Waals surface area contributed by atoms with Gasteiger partial charge in [0.2, 0.25) is 0 Å². The number of ether oxygens (including phenoxy) is 1. The van der Waals surface area contributed by atoms with Gasteiger partial charge in [0.25, 0.3) is 5.91 Å². The summed E-state index contributed by atoms with van der Waals surface area (Å²) in [5.41, 5.74) is 2.32. The van der Waals surface area contributed by atoms with Crippen molar-refractivity contribution in [1.82, 2.24) is 0 Å². The van der Waals surface area contributed by atoms with Gasteiger partial charge in [-0.3, -0.25) is 9.59 Å². The summed E-state index contributed by atoms with van der Waals surface area (Å²) >= 11 is 4.18. The van der Waals surface area contributed by atoms with Crippen LogP contribution in [0, 0.1) is 0 Å². The van der Waals surface area contributed by atoms with Gasteiger partial charge in [-0.15, -0.1) is 0 Å². The molecule has 198 valence electrons. The Labute approximate surface area is 246 Å². The maximum atomic E-state index is 13.8. The van der Waals surface area contributed by atoms with Crippen molar-refractivity contribution in [3.8, 4) is 5.75 Å². The van der Waals surface area contributed by atoms with E-state index in [4.69, 9.17) is 14.3 Å². The van der Waals surface area contributed by atoms with E-state index in [2.05, 4.69) is 34.8 Å². The highest BCUT2D eigenvalue weighted by Crippen LogP contribution is 2.39. The number of Topliss-reactive ketones (excluding diaryl/α,β-unsaturated/α-hetero) is 1. The highest BCUT2D eigenvalue weighted by atomic mass is 127. The molecule has 1 aliphatic carbocycles. The molecule has 38 heavy (non-hydrogen) atoms. The van der Waals surface area contributed by atoms with Crippen molar-refractivity contribution in [2.75, 3.05) is 11.9 Å². The SMILES string of the molecule is CCCCc1oc2ccc(NC(=O)c3ccc(O)cc3)cc2c1C(=O)C1=CC(I)C(I)(OCC(=O)O)C=C1. The van der Waals surface area contributed by atoms with Gasteiger partial charge in [-0.25, -0.2) is 4.79 Å². The zero-order valence-electron chi connectivity index (χ0n) is 20.4. The molecule has 0 saturated heterocycles. The van der Waals surface area contributed by atoms with Crippen LogP contribution in [0.15, 0.2) is 70.7 Å². The van der Waals surface area contributed by atoms with Gasteiger partial charge in [-0.05, 0) is 77.6 Å². The summed E-state index contributed by atoms with van der Waals surface area (Å²) in [6, 6.07) is 11.1. The quantitative estimate of drug-likeness (QED) is 0.124. The number of allylic oxidation sites excluding steroid dienone is 2. The van der Waals surface area contributed by atoms with Crippen molar-refractivity contribution >= 4 is 79.5 Å². The summed E-state index contributed by atoms with van der Waals surface area (Å²) in [5, 5.41) is 21.9. The van der Waals surface area contributed by atoms with E-state index in [0.29, 0.717) is 45.5 Å². The number of hydrogen-bond donors (Lipinski definition) is 3. The van der Waals surface area contributed by atoms with E-state index in [-0.39, 0.29) is 21.4 Å². The van der Waals surface area contributed by atoms with E-state index in [1.165, 1.54) is 24.3 Å². The summed E-state index contributed by atoms with van der Waals surface area (Å²) in [7, 11) is 0. The standard InChI is InChI=1S/C28H25I2NO7/c1-2-3-4-22-25(26(35)17-11-12-28(30,23(29)13-17)37-15-24(33)34)20-14-18(7-10-21(20)38-22)31-27(36)16-5-8-19(32)9-6-16/h5-14,23,32H,2-4,15H2,1H3,(H,31,36)(H,33,34). The lowest BCUT2D eigenvalue weighted by atomic mass is 9.94. The van der Waals surface area contributed by atoms with Gasteiger partial charge in [0.15, 0.2) is 9.39 Å². The van der Waals surface area contributed by atoms with Gasteiger partial charge in [0, 0.05) is 28.6 Å². The first-order valence-electron chi connectivity index (χ1n) is 11.9. The van der Waals surface area contributed by atoms with E-state index in [1.807, 2.05) is 22.6 Å². The number of carboxylic acids is 1. The third-order valence-electron chi connectivity index (χ3n) is 6.00. The number of fused-ring (bicyclic) bond motifs is 1. The van der Waals surface area contributed by atoms with Crippen molar-refractivity contribution in [2.24, 2.45) is 0 Å². The molecule has 2 aromatic carbocycles. The first-order valence-corrected chi connectivity index (χ1v) is 14.2. The second-order valence-electron chi connectivity index (χ2n) is 8.78. The molecule has 8 nitrogen and oxygen atoms in total. The highest BCUT2D eigenvalue weighted by Gasteiger charge is 2.37. The predicted molar refractivity (Wildman–Crippen MR) is 161 cm³/mol. The van der Waals surface area contributed by atoms with Crippen LogP contribution < -0.4 is 5.32 Å². The number of anilines is 1. The fraction of sp³-hybridized carbons (Fsp3) is 0.250. The summed E-state index contributed by atoms with van der Waals surface area (Å²) in [4.78, 5) is 37.5. The Bertz CT molecular complexity index is 1440. The number of alkyl halides is 2. The molecule has 0 saturated carbocycles. The summed E-state index contributed by atoms with van der Waals surface area (Å²) in [6.45, 7) is 1.61. The number of carbonyl (C=O) groups is 3. The number of amides is 1. The third kappa shape index (κ3) is 6.29. The molecule has 1 aromatic heterocycles. The first-order chi connectivity index (χ1) is 18.1. The summed E-state index contributed by atoms with van der Waals surface area (Å²) in [5.74, 6) is -0.981. The summed E-state index contributed by atoms with van der Waals surface area (Å²) < 4.78 is 10.5. The lowest BCUT2D eigenvalue weighted by Gasteiger charge is -2.30. The molecule has 1 aliphatic rings. The number of ketones is 1. The number of furan rings is 1. The monoisotopic (exact) mass is 741 g/mol. The molecule has 0 radical (unpaired) electrons. The smallest absolute Gasteiger partial charge is 0.329 e. The van der Waals surface area contributed by atoms with Crippen LogP contribution in [0.1, 0.15) is 46.2 Å². The molecule has 2 atom stereocenters. The fourth-order valence-corrected chi connectivity index (χ4v) is 5.31. The lowest BCUT2D eigenvalue weighted by Crippen LogP contribution is -2.36. The largest absolute Gasteiger partial charge is 0.508 e. The number of phenolic OH excluding ortho intramolecular Hbond substituents is 1. The van der Waals surface area contributed by atoms with Crippen molar-refractivity contribution < 1.29 is 33.8 Å². The van der Waals surface area contributed by atoms with Crippen LogP contribution in [0.25, 0.3) is 11.0 Å². The van der Waals surface area contributed by atoms with Crippen molar-refractivity contribution in [3.05, 3.63) is 83.2 Å². The number of nitrogens with one attached hydrogen (secondary N) is 1. The van der Waals surface area contributed by atoms with Crippen LogP contribution in [-0.4, -0.2) is 42.0 Å². The second-order valence-corrected chi connectivity index (χ2v) is 11.8. The molecule has 3 N–H and O–H groups in total. The number of aliphatic carboxylic acids is 1.